The number of carbonyl (C=O) groups is 2. The number of hydrogen-bond donors (Lipinski definition) is 0. The molecule has 0 saturated carbocycles. The molecule has 2 aliphatic rings. The SMILES string of the molecule is COc1cc(C=C2Oc3c(ccc4c3C(c3cccnc3)CC(=O)O4)C2=O)cc(OC)c1OC. The predicted octanol–water partition coefficient (Wildman–Crippen LogP) is 4.16. The number of ether oxygens (including phenoxy) is 5. The third kappa shape index (κ3) is 3.53. The zero-order valence-electron chi connectivity index (χ0n) is 18.8. The molecule has 0 amide bonds. The van der Waals surface area contributed by atoms with Crippen molar-refractivity contribution in [3.8, 4) is 28.7 Å². The summed E-state index contributed by atoms with van der Waals surface area (Å²) < 4.78 is 27.7. The molecule has 0 bridgehead atoms. The molecule has 0 radical (unpaired) electrons. The minimum Gasteiger partial charge on any atom is -0.493 e. The summed E-state index contributed by atoms with van der Waals surface area (Å²) in [4.78, 5) is 29.7. The maximum Gasteiger partial charge on any atom is 0.312 e. The van der Waals surface area contributed by atoms with Gasteiger partial charge in [-0.1, -0.05) is 6.07 Å². The van der Waals surface area contributed by atoms with Crippen LogP contribution in [0.15, 0.2) is 54.6 Å². The van der Waals surface area contributed by atoms with Crippen LogP contribution in [0.2, 0.25) is 0 Å². The van der Waals surface area contributed by atoms with Crippen molar-refractivity contribution in [1.82, 2.24) is 4.98 Å². The van der Waals surface area contributed by atoms with Crippen LogP contribution in [0.5, 0.6) is 28.7 Å². The summed E-state index contributed by atoms with van der Waals surface area (Å²) in [5.41, 5.74) is 2.54. The summed E-state index contributed by atoms with van der Waals surface area (Å²) >= 11 is 0. The fourth-order valence-electron chi connectivity index (χ4n) is 4.31. The highest BCUT2D eigenvalue weighted by Gasteiger charge is 2.38. The Balaban J connectivity index is 1.59. The molecular formula is C26H21NO7. The maximum absolute atomic E-state index is 13.2. The van der Waals surface area contributed by atoms with Crippen molar-refractivity contribution < 1.29 is 33.3 Å². The van der Waals surface area contributed by atoms with Crippen LogP contribution >= 0.6 is 0 Å². The highest BCUT2D eigenvalue weighted by atomic mass is 16.5. The highest BCUT2D eigenvalue weighted by molar-refractivity contribution is 6.15. The van der Waals surface area contributed by atoms with Crippen molar-refractivity contribution >= 4 is 17.8 Å². The Labute approximate surface area is 195 Å². The number of nitrogens with zero attached hydrogens (tertiary/aromatic N) is 1. The molecule has 3 heterocycles. The number of carbonyl (C=O) groups excluding carboxylic acids is 2. The van der Waals surface area contributed by atoms with E-state index in [9.17, 15) is 9.59 Å². The molecule has 0 fully saturated rings. The molecular weight excluding hydrogens is 438 g/mol. The average Bonchev–Trinajstić information content (AvgIpc) is 3.18. The molecule has 0 spiro atoms. The Morgan fingerprint density at radius 1 is 1.00 bits per heavy atom. The van der Waals surface area contributed by atoms with Gasteiger partial charge in [-0.2, -0.15) is 0 Å². The molecule has 34 heavy (non-hydrogen) atoms. The van der Waals surface area contributed by atoms with Crippen LogP contribution in [0.1, 0.15) is 39.4 Å². The topological polar surface area (TPSA) is 93.2 Å². The molecule has 2 aromatic carbocycles. The lowest BCUT2D eigenvalue weighted by molar-refractivity contribution is -0.135. The second-order valence-corrected chi connectivity index (χ2v) is 7.77. The number of hydrogen-bond acceptors (Lipinski definition) is 8. The van der Waals surface area contributed by atoms with E-state index in [1.807, 2.05) is 6.07 Å². The third-order valence-electron chi connectivity index (χ3n) is 5.85. The number of esters is 1. The molecule has 3 aromatic rings. The molecule has 1 aromatic heterocycles. The normalized spacial score (nSPS) is 17.5. The van der Waals surface area contributed by atoms with Gasteiger partial charge in [-0.15, -0.1) is 0 Å². The van der Waals surface area contributed by atoms with E-state index in [0.29, 0.717) is 45.4 Å². The largest absolute Gasteiger partial charge is 0.493 e. The van der Waals surface area contributed by atoms with Crippen LogP contribution in [-0.4, -0.2) is 38.1 Å². The van der Waals surface area contributed by atoms with E-state index < -0.39 is 0 Å². The molecule has 5 rings (SSSR count). The number of rotatable bonds is 5. The summed E-state index contributed by atoms with van der Waals surface area (Å²) in [5, 5.41) is 0. The van der Waals surface area contributed by atoms with E-state index in [1.165, 1.54) is 21.3 Å². The molecule has 8 nitrogen and oxygen atoms in total. The van der Waals surface area contributed by atoms with Gasteiger partial charge in [0.2, 0.25) is 11.5 Å². The Hall–Kier alpha value is -4.33. The van der Waals surface area contributed by atoms with Gasteiger partial charge in [-0.25, -0.2) is 0 Å². The van der Waals surface area contributed by atoms with Crippen molar-refractivity contribution in [2.45, 2.75) is 12.3 Å². The van der Waals surface area contributed by atoms with Crippen molar-refractivity contribution in [3.05, 3.63) is 76.8 Å². The van der Waals surface area contributed by atoms with Gasteiger partial charge in [0.25, 0.3) is 0 Å². The van der Waals surface area contributed by atoms with E-state index in [-0.39, 0.29) is 29.9 Å². The fourth-order valence-corrected chi connectivity index (χ4v) is 4.31. The first kappa shape index (κ1) is 21.5. The van der Waals surface area contributed by atoms with Gasteiger partial charge in [-0.05, 0) is 47.5 Å². The van der Waals surface area contributed by atoms with E-state index in [2.05, 4.69) is 4.98 Å². The van der Waals surface area contributed by atoms with Crippen LogP contribution < -0.4 is 23.7 Å². The summed E-state index contributed by atoms with van der Waals surface area (Å²) in [6.07, 6.45) is 5.11. The molecule has 0 aliphatic carbocycles. The van der Waals surface area contributed by atoms with Crippen molar-refractivity contribution in [1.29, 1.82) is 0 Å². The summed E-state index contributed by atoms with van der Waals surface area (Å²) in [5.74, 6) is 1.31. The summed E-state index contributed by atoms with van der Waals surface area (Å²) in [6, 6.07) is 10.4. The van der Waals surface area contributed by atoms with Gasteiger partial charge in [0.1, 0.15) is 11.5 Å². The number of methoxy groups -OCH3 is 3. The summed E-state index contributed by atoms with van der Waals surface area (Å²) in [7, 11) is 4.56. The van der Waals surface area contributed by atoms with Crippen LogP contribution in [0.4, 0.5) is 0 Å². The van der Waals surface area contributed by atoms with Crippen molar-refractivity contribution in [2.75, 3.05) is 21.3 Å². The number of Topliss-reactive ketones (excluding diaryl/α,β-unsaturated/α-hetero) is 1. The summed E-state index contributed by atoms with van der Waals surface area (Å²) in [6.45, 7) is 0. The van der Waals surface area contributed by atoms with Crippen molar-refractivity contribution in [2.24, 2.45) is 0 Å². The molecule has 8 heteroatoms. The first-order valence-electron chi connectivity index (χ1n) is 10.6. The number of aromatic nitrogens is 1. The monoisotopic (exact) mass is 459 g/mol. The van der Waals surface area contributed by atoms with Gasteiger partial charge in [0.15, 0.2) is 17.3 Å². The minimum atomic E-state index is -0.348. The number of pyridine rings is 1. The van der Waals surface area contributed by atoms with Gasteiger partial charge >= 0.3 is 5.97 Å². The Kier molecular flexibility index (Phi) is 5.41. The quantitative estimate of drug-likeness (QED) is 0.319. The number of benzene rings is 2. The van der Waals surface area contributed by atoms with E-state index in [4.69, 9.17) is 23.7 Å². The van der Waals surface area contributed by atoms with Crippen LogP contribution in [0.3, 0.4) is 0 Å². The third-order valence-corrected chi connectivity index (χ3v) is 5.85. The minimum absolute atomic E-state index is 0.124. The predicted molar refractivity (Wildman–Crippen MR) is 122 cm³/mol. The molecule has 1 atom stereocenters. The smallest absolute Gasteiger partial charge is 0.312 e. The Morgan fingerprint density at radius 3 is 2.41 bits per heavy atom. The van der Waals surface area contributed by atoms with Crippen LogP contribution in [-0.2, 0) is 4.79 Å². The molecule has 0 N–H and O–H groups in total. The van der Waals surface area contributed by atoms with Crippen LogP contribution in [0.25, 0.3) is 6.08 Å². The molecule has 172 valence electrons. The first-order valence-corrected chi connectivity index (χ1v) is 10.6. The standard InChI is InChI=1S/C26H21NO7/c1-30-20-10-14(11-21(31-2)26(20)32-3)9-19-24(29)16-6-7-18-23(25(16)34-19)17(12-22(28)33-18)15-5-4-8-27-13-15/h4-11,13,17H,12H2,1-3H3. The van der Waals surface area contributed by atoms with Crippen LogP contribution in [0, 0.1) is 0 Å². The highest BCUT2D eigenvalue weighted by Crippen LogP contribution is 2.49. The van der Waals surface area contributed by atoms with Gasteiger partial charge in [0, 0.05) is 23.9 Å². The zero-order valence-corrected chi connectivity index (χ0v) is 18.8. The van der Waals surface area contributed by atoms with Gasteiger partial charge in [-0.3, -0.25) is 14.6 Å². The Bertz CT molecular complexity index is 1310. The Morgan fingerprint density at radius 2 is 1.76 bits per heavy atom. The van der Waals surface area contributed by atoms with Gasteiger partial charge < -0.3 is 23.7 Å². The van der Waals surface area contributed by atoms with E-state index in [1.54, 1.807) is 48.8 Å². The maximum atomic E-state index is 13.2. The van der Waals surface area contributed by atoms with Gasteiger partial charge in [0.05, 0.1) is 33.3 Å². The lowest BCUT2D eigenvalue weighted by Crippen LogP contribution is -2.21. The molecule has 0 saturated heterocycles. The number of fused-ring (bicyclic) bond motifs is 3. The average molecular weight is 459 g/mol. The lowest BCUT2D eigenvalue weighted by atomic mass is 9.85. The van der Waals surface area contributed by atoms with E-state index >= 15 is 0 Å². The van der Waals surface area contributed by atoms with E-state index in [0.717, 1.165) is 5.56 Å². The number of allylic oxidation sites excluding steroid dienone is 1. The lowest BCUT2D eigenvalue weighted by Gasteiger charge is -2.26. The second kappa shape index (κ2) is 8.55. The molecule has 1 unspecified atom stereocenters. The molecule has 2 aliphatic heterocycles. The second-order valence-electron chi connectivity index (χ2n) is 7.77. The zero-order chi connectivity index (χ0) is 23.8. The first-order chi connectivity index (χ1) is 16.5. The van der Waals surface area contributed by atoms with Crippen molar-refractivity contribution in [3.63, 3.8) is 0 Å². The number of ketones is 1. The fraction of sp³-hybridized carbons (Fsp3) is 0.192.